The minimum Gasteiger partial charge on any atom is -0.353 e. The van der Waals surface area contributed by atoms with Crippen LogP contribution in [-0.4, -0.2) is 48.1 Å². The predicted octanol–water partition coefficient (Wildman–Crippen LogP) is 1.16. The summed E-state index contributed by atoms with van der Waals surface area (Å²) in [6.45, 7) is 10.1. The number of nitrogens with two attached hydrogens (primary N) is 1. The Hall–Kier alpha value is -1.40. The van der Waals surface area contributed by atoms with Gasteiger partial charge in [-0.15, -0.1) is 0 Å². The number of rotatable bonds is 6. The molecule has 19 heavy (non-hydrogen) atoms. The molecular formula is C13H26N6. The van der Waals surface area contributed by atoms with E-state index in [4.69, 9.17) is 5.84 Å². The fraction of sp³-hybridized carbons (Fsp3) is 0.692. The Morgan fingerprint density at radius 2 is 1.89 bits per heavy atom. The van der Waals surface area contributed by atoms with E-state index < -0.39 is 0 Å². The summed E-state index contributed by atoms with van der Waals surface area (Å²) in [4.78, 5) is 13.3. The van der Waals surface area contributed by atoms with Gasteiger partial charge in [0, 0.05) is 24.7 Å². The van der Waals surface area contributed by atoms with Gasteiger partial charge in [0.05, 0.1) is 0 Å². The predicted molar refractivity (Wildman–Crippen MR) is 80.4 cm³/mol. The Morgan fingerprint density at radius 1 is 1.26 bits per heavy atom. The van der Waals surface area contributed by atoms with Crippen molar-refractivity contribution in [3.05, 3.63) is 11.4 Å². The van der Waals surface area contributed by atoms with Crippen molar-refractivity contribution in [1.29, 1.82) is 0 Å². The number of hydrazine groups is 1. The summed E-state index contributed by atoms with van der Waals surface area (Å²) >= 11 is 0. The zero-order valence-corrected chi connectivity index (χ0v) is 12.9. The topological polar surface area (TPSA) is 70.3 Å². The number of anilines is 2. The van der Waals surface area contributed by atoms with Crippen molar-refractivity contribution >= 4 is 11.6 Å². The van der Waals surface area contributed by atoms with E-state index in [0.29, 0.717) is 11.9 Å². The first kappa shape index (κ1) is 15.7. The molecule has 0 aromatic carbocycles. The first-order valence-corrected chi connectivity index (χ1v) is 6.63. The lowest BCUT2D eigenvalue weighted by molar-refractivity contribution is 0.372. The van der Waals surface area contributed by atoms with Crippen molar-refractivity contribution in [2.24, 2.45) is 5.84 Å². The number of hydrogen-bond donors (Lipinski definition) is 2. The molecule has 6 nitrogen and oxygen atoms in total. The quantitative estimate of drug-likeness (QED) is 0.595. The number of nitrogen functional groups attached to an aromatic ring is 1. The number of likely N-dealkylation sites (N-methyl/N-ethyl adjacent to an activating group) is 2. The molecule has 0 amide bonds. The molecule has 1 heterocycles. The van der Waals surface area contributed by atoms with Gasteiger partial charge in [0.25, 0.3) is 0 Å². The van der Waals surface area contributed by atoms with Crippen LogP contribution in [0.2, 0.25) is 0 Å². The Morgan fingerprint density at radius 3 is 2.37 bits per heavy atom. The van der Waals surface area contributed by atoms with Crippen LogP contribution in [0, 0.1) is 13.8 Å². The Kier molecular flexibility index (Phi) is 5.50. The molecule has 0 radical (unpaired) electrons. The zero-order chi connectivity index (χ0) is 14.6. The molecule has 3 N–H and O–H groups in total. The average molecular weight is 266 g/mol. The van der Waals surface area contributed by atoms with Crippen molar-refractivity contribution in [2.45, 2.75) is 33.7 Å². The van der Waals surface area contributed by atoms with E-state index in [1.165, 1.54) is 0 Å². The molecule has 0 saturated carbocycles. The standard InChI is InChI=1S/C13H26N6/c1-7-19(9(2)8-18(5)6)13-10(3)12(17-14)15-11(4)16-13/h9H,7-8,14H2,1-6H3,(H,15,16,17). The van der Waals surface area contributed by atoms with Crippen LogP contribution in [0.1, 0.15) is 25.2 Å². The molecule has 0 saturated heterocycles. The highest BCUT2D eigenvalue weighted by Gasteiger charge is 2.19. The zero-order valence-electron chi connectivity index (χ0n) is 12.9. The lowest BCUT2D eigenvalue weighted by atomic mass is 10.2. The van der Waals surface area contributed by atoms with E-state index in [0.717, 1.165) is 30.3 Å². The van der Waals surface area contributed by atoms with Crippen LogP contribution in [-0.2, 0) is 0 Å². The maximum Gasteiger partial charge on any atom is 0.148 e. The molecule has 1 atom stereocenters. The average Bonchev–Trinajstić information content (AvgIpc) is 2.32. The molecule has 1 unspecified atom stereocenters. The lowest BCUT2D eigenvalue weighted by Crippen LogP contribution is -2.41. The molecule has 6 heteroatoms. The second kappa shape index (κ2) is 6.68. The maximum absolute atomic E-state index is 5.52. The van der Waals surface area contributed by atoms with Crippen LogP contribution >= 0.6 is 0 Å². The highest BCUT2D eigenvalue weighted by molar-refractivity contribution is 5.58. The molecule has 1 aromatic rings. The van der Waals surface area contributed by atoms with E-state index in [2.05, 4.69) is 53.1 Å². The fourth-order valence-corrected chi connectivity index (χ4v) is 2.33. The third kappa shape index (κ3) is 3.78. The van der Waals surface area contributed by atoms with Crippen LogP contribution in [0.4, 0.5) is 11.6 Å². The monoisotopic (exact) mass is 266 g/mol. The summed E-state index contributed by atoms with van der Waals surface area (Å²) in [6, 6.07) is 0.374. The van der Waals surface area contributed by atoms with Gasteiger partial charge < -0.3 is 15.2 Å². The molecule has 108 valence electrons. The van der Waals surface area contributed by atoms with E-state index in [1.807, 2.05) is 13.8 Å². The summed E-state index contributed by atoms with van der Waals surface area (Å²) in [6.07, 6.45) is 0. The summed E-state index contributed by atoms with van der Waals surface area (Å²) in [5, 5.41) is 0. The minimum atomic E-state index is 0.374. The first-order chi connectivity index (χ1) is 8.90. The molecule has 0 aliphatic rings. The molecular weight excluding hydrogens is 240 g/mol. The van der Waals surface area contributed by atoms with Crippen molar-refractivity contribution in [3.8, 4) is 0 Å². The maximum atomic E-state index is 5.52. The second-order valence-corrected chi connectivity index (χ2v) is 5.11. The van der Waals surface area contributed by atoms with Gasteiger partial charge in [0.1, 0.15) is 17.5 Å². The van der Waals surface area contributed by atoms with E-state index in [-0.39, 0.29) is 0 Å². The van der Waals surface area contributed by atoms with Crippen LogP contribution in [0.5, 0.6) is 0 Å². The van der Waals surface area contributed by atoms with Crippen molar-refractivity contribution in [2.75, 3.05) is 37.5 Å². The summed E-state index contributed by atoms with van der Waals surface area (Å²) in [5.74, 6) is 7.89. The van der Waals surface area contributed by atoms with Gasteiger partial charge in [-0.2, -0.15) is 0 Å². The van der Waals surface area contributed by atoms with Gasteiger partial charge in [0.15, 0.2) is 0 Å². The van der Waals surface area contributed by atoms with Gasteiger partial charge in [0.2, 0.25) is 0 Å². The number of nitrogens with one attached hydrogen (secondary N) is 1. The number of aromatic nitrogens is 2. The molecule has 0 fully saturated rings. The van der Waals surface area contributed by atoms with Crippen molar-refractivity contribution in [1.82, 2.24) is 14.9 Å². The first-order valence-electron chi connectivity index (χ1n) is 6.63. The van der Waals surface area contributed by atoms with Crippen LogP contribution in [0.25, 0.3) is 0 Å². The van der Waals surface area contributed by atoms with Gasteiger partial charge in [-0.1, -0.05) is 0 Å². The molecule has 0 spiro atoms. The SMILES string of the molecule is CCN(c1nc(C)nc(NN)c1C)C(C)CN(C)C. The van der Waals surface area contributed by atoms with E-state index >= 15 is 0 Å². The van der Waals surface area contributed by atoms with Crippen LogP contribution in [0.3, 0.4) is 0 Å². The normalized spacial score (nSPS) is 12.6. The van der Waals surface area contributed by atoms with E-state index in [9.17, 15) is 0 Å². The fourth-order valence-electron chi connectivity index (χ4n) is 2.33. The Labute approximate surface area is 116 Å². The third-order valence-electron chi connectivity index (χ3n) is 3.14. The second-order valence-electron chi connectivity index (χ2n) is 5.11. The summed E-state index contributed by atoms with van der Waals surface area (Å²) < 4.78 is 0. The molecule has 1 rings (SSSR count). The van der Waals surface area contributed by atoms with Crippen molar-refractivity contribution in [3.63, 3.8) is 0 Å². The molecule has 0 aliphatic heterocycles. The van der Waals surface area contributed by atoms with Gasteiger partial charge in [-0.05, 0) is 41.8 Å². The van der Waals surface area contributed by atoms with Crippen LogP contribution in [0.15, 0.2) is 0 Å². The molecule has 0 bridgehead atoms. The number of aryl methyl sites for hydroxylation is 1. The lowest BCUT2D eigenvalue weighted by Gasteiger charge is -2.32. The Balaban J connectivity index is 3.14. The Bertz CT molecular complexity index is 418. The molecule has 0 aliphatic carbocycles. The van der Waals surface area contributed by atoms with E-state index in [1.54, 1.807) is 0 Å². The van der Waals surface area contributed by atoms with Crippen LogP contribution < -0.4 is 16.2 Å². The third-order valence-corrected chi connectivity index (χ3v) is 3.14. The largest absolute Gasteiger partial charge is 0.353 e. The summed E-state index contributed by atoms with van der Waals surface area (Å²) in [5.41, 5.74) is 3.63. The van der Waals surface area contributed by atoms with Gasteiger partial charge >= 0.3 is 0 Å². The highest BCUT2D eigenvalue weighted by atomic mass is 15.3. The minimum absolute atomic E-state index is 0.374. The number of nitrogens with zero attached hydrogens (tertiary/aromatic N) is 4. The van der Waals surface area contributed by atoms with Crippen molar-refractivity contribution < 1.29 is 0 Å². The van der Waals surface area contributed by atoms with Gasteiger partial charge in [-0.25, -0.2) is 15.8 Å². The smallest absolute Gasteiger partial charge is 0.148 e. The van der Waals surface area contributed by atoms with Gasteiger partial charge in [-0.3, -0.25) is 0 Å². The molecule has 1 aromatic heterocycles. The number of hydrogen-bond acceptors (Lipinski definition) is 6. The highest BCUT2D eigenvalue weighted by Crippen LogP contribution is 2.24. The summed E-state index contributed by atoms with van der Waals surface area (Å²) in [7, 11) is 4.16.